The van der Waals surface area contributed by atoms with Crippen molar-refractivity contribution in [2.24, 2.45) is 0 Å². The molecule has 1 N–H and O–H groups in total. The van der Waals surface area contributed by atoms with Gasteiger partial charge in [-0.3, -0.25) is 0 Å². The van der Waals surface area contributed by atoms with Crippen LogP contribution in [0.3, 0.4) is 0 Å². The van der Waals surface area contributed by atoms with Crippen molar-refractivity contribution in [2.45, 2.75) is 24.9 Å². The van der Waals surface area contributed by atoms with E-state index in [1.165, 1.54) is 0 Å². The van der Waals surface area contributed by atoms with Crippen LogP contribution in [-0.2, 0) is 4.74 Å². The molecule has 0 aromatic carbocycles. The van der Waals surface area contributed by atoms with Gasteiger partial charge in [-0.15, -0.1) is 0 Å². The Labute approximate surface area is 123 Å². The second kappa shape index (κ2) is 5.69. The molecule has 1 aliphatic carbocycles. The molecular weight excluding hydrogens is 268 g/mol. The van der Waals surface area contributed by atoms with E-state index >= 15 is 0 Å². The van der Waals surface area contributed by atoms with Crippen LogP contribution < -0.4 is 4.90 Å². The van der Waals surface area contributed by atoms with Gasteiger partial charge in [-0.05, 0) is 24.3 Å². The fourth-order valence-electron chi connectivity index (χ4n) is 2.77. The van der Waals surface area contributed by atoms with Crippen molar-refractivity contribution >= 4 is 5.82 Å². The molecule has 2 heterocycles. The van der Waals surface area contributed by atoms with Gasteiger partial charge in [0.2, 0.25) is 0 Å². The van der Waals surface area contributed by atoms with Crippen LogP contribution in [0, 0.1) is 22.7 Å². The summed E-state index contributed by atoms with van der Waals surface area (Å²) in [6.07, 6.45) is 3.35. The van der Waals surface area contributed by atoms with Crippen LogP contribution in [0.5, 0.6) is 0 Å². The fraction of sp³-hybridized carbons (Fsp3) is 0.533. The van der Waals surface area contributed by atoms with E-state index in [1.54, 1.807) is 6.20 Å². The smallest absolute Gasteiger partial charge is 0.147 e. The van der Waals surface area contributed by atoms with Gasteiger partial charge in [0.25, 0.3) is 0 Å². The Hall–Kier alpha value is -2.15. The summed E-state index contributed by atoms with van der Waals surface area (Å²) in [6.45, 7) is 1.59. The third-order valence-corrected chi connectivity index (χ3v) is 3.96. The van der Waals surface area contributed by atoms with E-state index in [9.17, 15) is 15.6 Å². The molecule has 2 aliphatic rings. The number of anilines is 1. The van der Waals surface area contributed by atoms with Gasteiger partial charge in [-0.25, -0.2) is 4.98 Å². The van der Waals surface area contributed by atoms with E-state index in [0.717, 1.165) is 18.4 Å². The van der Waals surface area contributed by atoms with Gasteiger partial charge < -0.3 is 14.7 Å². The molecule has 21 heavy (non-hydrogen) atoms. The second-order valence-corrected chi connectivity index (χ2v) is 5.40. The van der Waals surface area contributed by atoms with E-state index in [2.05, 4.69) is 17.1 Å². The van der Waals surface area contributed by atoms with Crippen molar-refractivity contribution in [3.8, 4) is 12.1 Å². The molecule has 1 atom stereocenters. The van der Waals surface area contributed by atoms with Gasteiger partial charge in [-0.2, -0.15) is 10.5 Å². The van der Waals surface area contributed by atoms with Crippen molar-refractivity contribution in [2.75, 3.05) is 31.2 Å². The molecule has 0 amide bonds. The first-order chi connectivity index (χ1) is 10.3. The lowest BCUT2D eigenvalue weighted by atomic mass is 9.99. The topological polar surface area (TPSA) is 93.2 Å². The molecule has 1 saturated carbocycles. The zero-order chi connectivity index (χ0) is 14.8. The normalized spacial score (nSPS) is 21.7. The molecule has 1 aromatic heterocycles. The Morgan fingerprint density at radius 3 is 2.81 bits per heavy atom. The molecule has 6 heteroatoms. The molecule has 108 valence electrons. The molecule has 1 unspecified atom stereocenters. The highest BCUT2D eigenvalue weighted by molar-refractivity contribution is 5.63. The minimum Gasteiger partial charge on any atom is -0.394 e. The average molecular weight is 284 g/mol. The van der Waals surface area contributed by atoms with Gasteiger partial charge in [0.15, 0.2) is 0 Å². The Kier molecular flexibility index (Phi) is 3.74. The van der Waals surface area contributed by atoms with Gasteiger partial charge in [0, 0.05) is 19.3 Å². The van der Waals surface area contributed by atoms with Gasteiger partial charge in [0.05, 0.1) is 30.4 Å². The number of aliphatic hydroxyl groups is 1. The van der Waals surface area contributed by atoms with Crippen LogP contribution in [0.4, 0.5) is 5.82 Å². The maximum absolute atomic E-state index is 9.54. The molecule has 3 rings (SSSR count). The maximum Gasteiger partial charge on any atom is 0.147 e. The maximum atomic E-state index is 9.54. The monoisotopic (exact) mass is 284 g/mol. The summed E-state index contributed by atoms with van der Waals surface area (Å²) >= 11 is 0. The number of ether oxygens (including phenoxy) is 1. The largest absolute Gasteiger partial charge is 0.394 e. The van der Waals surface area contributed by atoms with E-state index in [4.69, 9.17) is 4.74 Å². The lowest BCUT2D eigenvalue weighted by Gasteiger charge is -2.33. The number of pyridine rings is 1. The molecular formula is C15H16N4O2. The number of morpholine rings is 1. The van der Waals surface area contributed by atoms with Gasteiger partial charge in [0.1, 0.15) is 18.0 Å². The number of nitriles is 2. The zero-order valence-electron chi connectivity index (χ0n) is 11.6. The number of aliphatic hydroxyl groups excluding tert-OH is 1. The average Bonchev–Trinajstić information content (AvgIpc) is 3.38. The van der Waals surface area contributed by atoms with Crippen LogP contribution in [0.25, 0.3) is 0 Å². The SMILES string of the molecule is N#Cc1cnc(N2CCOC(CO)C2)c(C#N)c1C1CC1. The third-order valence-electron chi connectivity index (χ3n) is 3.96. The lowest BCUT2D eigenvalue weighted by Crippen LogP contribution is -2.44. The van der Waals surface area contributed by atoms with Crippen LogP contribution in [0.15, 0.2) is 6.20 Å². The molecule has 6 nitrogen and oxygen atoms in total. The number of aromatic nitrogens is 1. The summed E-state index contributed by atoms with van der Waals surface area (Å²) < 4.78 is 5.43. The number of hydrogen-bond acceptors (Lipinski definition) is 6. The summed E-state index contributed by atoms with van der Waals surface area (Å²) in [5.74, 6) is 0.922. The third kappa shape index (κ3) is 2.56. The highest BCUT2D eigenvalue weighted by atomic mass is 16.5. The quantitative estimate of drug-likeness (QED) is 0.886. The Balaban J connectivity index is 2.01. The highest BCUT2D eigenvalue weighted by Crippen LogP contribution is 2.44. The lowest BCUT2D eigenvalue weighted by molar-refractivity contribution is 0.00334. The van der Waals surface area contributed by atoms with Crippen molar-refractivity contribution < 1.29 is 9.84 Å². The van der Waals surface area contributed by atoms with Gasteiger partial charge >= 0.3 is 0 Å². The minimum absolute atomic E-state index is 0.0514. The van der Waals surface area contributed by atoms with Crippen molar-refractivity contribution in [3.63, 3.8) is 0 Å². The van der Waals surface area contributed by atoms with E-state index in [0.29, 0.717) is 42.6 Å². The van der Waals surface area contributed by atoms with Crippen molar-refractivity contribution in [1.29, 1.82) is 10.5 Å². The second-order valence-electron chi connectivity index (χ2n) is 5.40. The predicted molar refractivity (Wildman–Crippen MR) is 74.7 cm³/mol. The highest BCUT2D eigenvalue weighted by Gasteiger charge is 2.32. The predicted octanol–water partition coefficient (Wildman–Crippen LogP) is 0.900. The molecule has 0 bridgehead atoms. The van der Waals surface area contributed by atoms with Gasteiger partial charge in [-0.1, -0.05) is 0 Å². The van der Waals surface area contributed by atoms with E-state index < -0.39 is 0 Å². The number of rotatable bonds is 3. The molecule has 0 spiro atoms. The molecule has 1 aliphatic heterocycles. The summed E-state index contributed by atoms with van der Waals surface area (Å²) in [5.41, 5.74) is 1.86. The summed E-state index contributed by atoms with van der Waals surface area (Å²) in [4.78, 5) is 6.30. The Morgan fingerprint density at radius 1 is 1.38 bits per heavy atom. The molecule has 1 saturated heterocycles. The zero-order valence-corrected chi connectivity index (χ0v) is 11.6. The standard InChI is InChI=1S/C15H16N4O2/c16-5-11-7-18-15(13(6-17)14(11)10-1-2-10)19-3-4-21-12(8-19)9-20/h7,10,12,20H,1-4,8-9H2. The minimum atomic E-state index is -0.257. The van der Waals surface area contributed by atoms with Crippen LogP contribution in [0.2, 0.25) is 0 Å². The Morgan fingerprint density at radius 2 is 2.19 bits per heavy atom. The number of hydrogen-bond donors (Lipinski definition) is 1. The number of nitrogens with zero attached hydrogens (tertiary/aromatic N) is 4. The first-order valence-corrected chi connectivity index (χ1v) is 7.09. The van der Waals surface area contributed by atoms with Crippen molar-refractivity contribution in [3.05, 3.63) is 22.9 Å². The van der Waals surface area contributed by atoms with E-state index in [1.807, 2.05) is 4.90 Å². The van der Waals surface area contributed by atoms with Crippen LogP contribution >= 0.6 is 0 Å². The molecule has 0 radical (unpaired) electrons. The molecule has 1 aromatic rings. The summed E-state index contributed by atoms with van der Waals surface area (Å²) in [6, 6.07) is 4.38. The Bertz CT molecular complexity index is 628. The summed E-state index contributed by atoms with van der Waals surface area (Å²) in [7, 11) is 0. The van der Waals surface area contributed by atoms with E-state index in [-0.39, 0.29) is 12.7 Å². The first-order valence-electron chi connectivity index (χ1n) is 7.09. The molecule has 2 fully saturated rings. The van der Waals surface area contributed by atoms with Crippen LogP contribution in [0.1, 0.15) is 35.4 Å². The van der Waals surface area contributed by atoms with Crippen molar-refractivity contribution in [1.82, 2.24) is 4.98 Å². The summed E-state index contributed by atoms with van der Waals surface area (Å²) in [5, 5.41) is 28.0. The fourth-order valence-corrected chi connectivity index (χ4v) is 2.77. The first kappa shape index (κ1) is 13.8. The van der Waals surface area contributed by atoms with Crippen LogP contribution in [-0.4, -0.2) is 42.5 Å².